The lowest BCUT2D eigenvalue weighted by atomic mass is 10.0. The maximum Gasteiger partial charge on any atom is 0.0294 e. The van der Waals surface area contributed by atoms with Gasteiger partial charge in [0.25, 0.3) is 0 Å². The molecule has 1 saturated carbocycles. The minimum Gasteiger partial charge on any atom is -0.309 e. The van der Waals surface area contributed by atoms with Crippen LogP contribution < -0.4 is 5.32 Å². The van der Waals surface area contributed by atoms with Crippen molar-refractivity contribution < 1.29 is 0 Å². The van der Waals surface area contributed by atoms with E-state index in [1.165, 1.54) is 24.0 Å². The number of hydrogen-bond acceptors (Lipinski definition) is 2. The van der Waals surface area contributed by atoms with Gasteiger partial charge in [0.1, 0.15) is 0 Å². The summed E-state index contributed by atoms with van der Waals surface area (Å²) < 4.78 is 0. The molecule has 2 heteroatoms. The summed E-state index contributed by atoms with van der Waals surface area (Å²) >= 11 is 0. The van der Waals surface area contributed by atoms with E-state index in [1.54, 1.807) is 0 Å². The molecule has 1 aliphatic carbocycles. The molecule has 0 aromatic heterocycles. The van der Waals surface area contributed by atoms with E-state index >= 15 is 0 Å². The van der Waals surface area contributed by atoms with E-state index in [9.17, 15) is 0 Å². The van der Waals surface area contributed by atoms with Crippen LogP contribution in [0.5, 0.6) is 0 Å². The summed E-state index contributed by atoms with van der Waals surface area (Å²) in [6.45, 7) is 6.66. The largest absolute Gasteiger partial charge is 0.309 e. The third-order valence-electron chi connectivity index (χ3n) is 3.74. The lowest BCUT2D eigenvalue weighted by molar-refractivity contribution is 0.316. The molecule has 17 heavy (non-hydrogen) atoms. The van der Waals surface area contributed by atoms with E-state index in [0.29, 0.717) is 6.04 Å². The second kappa shape index (κ2) is 5.65. The lowest BCUT2D eigenvalue weighted by Gasteiger charge is -2.20. The molecule has 1 aromatic rings. The molecule has 0 saturated heterocycles. The van der Waals surface area contributed by atoms with Crippen LogP contribution >= 0.6 is 0 Å². The number of likely N-dealkylation sites (N-methyl/N-ethyl adjacent to an activating group) is 1. The molecule has 1 aliphatic rings. The Hall–Kier alpha value is -0.860. The molecule has 0 amide bonds. The molecule has 2 rings (SSSR count). The summed E-state index contributed by atoms with van der Waals surface area (Å²) in [5.74, 6) is 0. The smallest absolute Gasteiger partial charge is 0.0294 e. The van der Waals surface area contributed by atoms with Crippen LogP contribution in [-0.2, 0) is 0 Å². The zero-order valence-electron chi connectivity index (χ0n) is 11.2. The molecule has 0 aliphatic heterocycles. The summed E-state index contributed by atoms with van der Waals surface area (Å²) in [5.41, 5.74) is 2.80. The first-order valence-electron chi connectivity index (χ1n) is 6.67. The maximum absolute atomic E-state index is 3.61. The molecule has 2 nitrogen and oxygen atoms in total. The van der Waals surface area contributed by atoms with Gasteiger partial charge in [-0.2, -0.15) is 0 Å². The molecule has 1 N–H and O–H groups in total. The topological polar surface area (TPSA) is 15.3 Å². The molecule has 1 aromatic carbocycles. The fourth-order valence-electron chi connectivity index (χ4n) is 2.34. The van der Waals surface area contributed by atoms with Crippen molar-refractivity contribution in [3.8, 4) is 0 Å². The predicted molar refractivity (Wildman–Crippen MR) is 73.2 cm³/mol. The second-order valence-electron chi connectivity index (χ2n) is 5.24. The van der Waals surface area contributed by atoms with Gasteiger partial charge in [0.05, 0.1) is 0 Å². The van der Waals surface area contributed by atoms with Crippen LogP contribution in [0.1, 0.15) is 36.9 Å². The molecular formula is C15H24N2. The highest BCUT2D eigenvalue weighted by molar-refractivity contribution is 5.28. The van der Waals surface area contributed by atoms with Gasteiger partial charge in [0, 0.05) is 25.2 Å². The van der Waals surface area contributed by atoms with Crippen LogP contribution in [0.2, 0.25) is 0 Å². The third-order valence-corrected chi connectivity index (χ3v) is 3.74. The van der Waals surface area contributed by atoms with Crippen LogP contribution in [0.25, 0.3) is 0 Å². The number of aryl methyl sites for hydroxylation is 1. The van der Waals surface area contributed by atoms with E-state index in [2.05, 4.69) is 55.4 Å². The third kappa shape index (κ3) is 3.55. The van der Waals surface area contributed by atoms with Crippen molar-refractivity contribution >= 4 is 0 Å². The van der Waals surface area contributed by atoms with Gasteiger partial charge in [-0.15, -0.1) is 0 Å². The van der Waals surface area contributed by atoms with E-state index in [4.69, 9.17) is 0 Å². The summed E-state index contributed by atoms with van der Waals surface area (Å²) in [7, 11) is 2.23. The SMILES string of the molecule is Cc1ccccc1C(C)NCCN(C)C1CC1. The zero-order valence-corrected chi connectivity index (χ0v) is 11.2. The van der Waals surface area contributed by atoms with Crippen LogP contribution in [0.15, 0.2) is 24.3 Å². The number of rotatable bonds is 6. The van der Waals surface area contributed by atoms with Crippen LogP contribution in [0, 0.1) is 6.92 Å². The summed E-state index contributed by atoms with van der Waals surface area (Å²) in [6, 6.07) is 9.94. The fourth-order valence-corrected chi connectivity index (χ4v) is 2.34. The first kappa shape index (κ1) is 12.6. The van der Waals surface area contributed by atoms with Gasteiger partial charge in [-0.3, -0.25) is 0 Å². The van der Waals surface area contributed by atoms with E-state index in [0.717, 1.165) is 19.1 Å². The van der Waals surface area contributed by atoms with E-state index < -0.39 is 0 Å². The standard InChI is InChI=1S/C15H24N2/c1-12-6-4-5-7-15(12)13(2)16-10-11-17(3)14-8-9-14/h4-7,13-14,16H,8-11H2,1-3H3. The summed E-state index contributed by atoms with van der Waals surface area (Å²) in [6.07, 6.45) is 2.79. The Balaban J connectivity index is 1.76. The average molecular weight is 232 g/mol. The first-order chi connectivity index (χ1) is 8.18. The molecule has 0 spiro atoms. The van der Waals surface area contributed by atoms with Crippen LogP contribution in [0.3, 0.4) is 0 Å². The fraction of sp³-hybridized carbons (Fsp3) is 0.600. The lowest BCUT2D eigenvalue weighted by Crippen LogP contribution is -2.32. The second-order valence-corrected chi connectivity index (χ2v) is 5.24. The number of hydrogen-bond donors (Lipinski definition) is 1. The van der Waals surface area contributed by atoms with Crippen molar-refractivity contribution in [2.45, 2.75) is 38.8 Å². The van der Waals surface area contributed by atoms with Crippen molar-refractivity contribution in [3.63, 3.8) is 0 Å². The number of nitrogens with one attached hydrogen (secondary N) is 1. The van der Waals surface area contributed by atoms with Gasteiger partial charge >= 0.3 is 0 Å². The molecule has 0 heterocycles. The Morgan fingerprint density at radius 1 is 1.35 bits per heavy atom. The number of nitrogens with zero attached hydrogens (tertiary/aromatic N) is 1. The molecule has 0 radical (unpaired) electrons. The Labute approximate surface area is 105 Å². The Bertz CT molecular complexity index is 358. The van der Waals surface area contributed by atoms with Crippen molar-refractivity contribution in [1.29, 1.82) is 0 Å². The molecule has 1 unspecified atom stereocenters. The van der Waals surface area contributed by atoms with Crippen molar-refractivity contribution in [2.24, 2.45) is 0 Å². The van der Waals surface area contributed by atoms with Gasteiger partial charge < -0.3 is 10.2 Å². The minimum absolute atomic E-state index is 0.448. The minimum atomic E-state index is 0.448. The highest BCUT2D eigenvalue weighted by Gasteiger charge is 2.25. The van der Waals surface area contributed by atoms with Crippen LogP contribution in [-0.4, -0.2) is 31.1 Å². The monoisotopic (exact) mass is 232 g/mol. The molecule has 0 bridgehead atoms. The van der Waals surface area contributed by atoms with Gasteiger partial charge in [-0.25, -0.2) is 0 Å². The average Bonchev–Trinajstić information content (AvgIpc) is 3.13. The summed E-state index contributed by atoms with van der Waals surface area (Å²) in [5, 5.41) is 3.61. The van der Waals surface area contributed by atoms with Crippen molar-refractivity contribution in [3.05, 3.63) is 35.4 Å². The normalized spacial score (nSPS) is 17.4. The molecule has 94 valence electrons. The Kier molecular flexibility index (Phi) is 4.19. The van der Waals surface area contributed by atoms with Gasteiger partial charge in [-0.05, 0) is 44.9 Å². The van der Waals surface area contributed by atoms with E-state index in [-0.39, 0.29) is 0 Å². The van der Waals surface area contributed by atoms with Gasteiger partial charge in [0.2, 0.25) is 0 Å². The predicted octanol–water partition coefficient (Wildman–Crippen LogP) is 2.74. The van der Waals surface area contributed by atoms with Crippen molar-refractivity contribution in [2.75, 3.05) is 20.1 Å². The van der Waals surface area contributed by atoms with Crippen molar-refractivity contribution in [1.82, 2.24) is 10.2 Å². The Morgan fingerprint density at radius 3 is 2.71 bits per heavy atom. The highest BCUT2D eigenvalue weighted by atomic mass is 15.2. The highest BCUT2D eigenvalue weighted by Crippen LogP contribution is 2.24. The van der Waals surface area contributed by atoms with Gasteiger partial charge in [-0.1, -0.05) is 24.3 Å². The molecule has 1 atom stereocenters. The van der Waals surface area contributed by atoms with Gasteiger partial charge in [0.15, 0.2) is 0 Å². The molecule has 1 fully saturated rings. The first-order valence-corrected chi connectivity index (χ1v) is 6.67. The quantitative estimate of drug-likeness (QED) is 0.811. The zero-order chi connectivity index (χ0) is 12.3. The summed E-state index contributed by atoms with van der Waals surface area (Å²) in [4.78, 5) is 2.47. The maximum atomic E-state index is 3.61. The number of benzene rings is 1. The van der Waals surface area contributed by atoms with E-state index in [1.807, 2.05) is 0 Å². The molecular weight excluding hydrogens is 208 g/mol. The Morgan fingerprint density at radius 2 is 2.06 bits per heavy atom. The van der Waals surface area contributed by atoms with Crippen LogP contribution in [0.4, 0.5) is 0 Å².